The maximum Gasteiger partial charge on any atom is 0.241 e. The third-order valence-electron chi connectivity index (χ3n) is 3.73. The lowest BCUT2D eigenvalue weighted by Gasteiger charge is -2.16. The third-order valence-corrected chi connectivity index (χ3v) is 6.05. The number of sulfonamides is 1. The van der Waals surface area contributed by atoms with Gasteiger partial charge in [-0.2, -0.15) is 4.72 Å². The van der Waals surface area contributed by atoms with Gasteiger partial charge in [0.25, 0.3) is 0 Å². The van der Waals surface area contributed by atoms with Gasteiger partial charge in [0, 0.05) is 5.38 Å². The molecule has 0 spiro atoms. The molecule has 0 aliphatic carbocycles. The van der Waals surface area contributed by atoms with Crippen molar-refractivity contribution in [3.05, 3.63) is 45.4 Å². The Morgan fingerprint density at radius 3 is 2.50 bits per heavy atom. The number of rotatable bonds is 6. The number of hydrogen-bond acceptors (Lipinski definition) is 5. The molecule has 1 heterocycles. The van der Waals surface area contributed by atoms with Gasteiger partial charge in [-0.3, -0.25) is 4.79 Å². The molecule has 1 aromatic carbocycles. The fourth-order valence-corrected chi connectivity index (χ4v) is 4.30. The van der Waals surface area contributed by atoms with Crippen molar-refractivity contribution < 1.29 is 13.2 Å². The van der Waals surface area contributed by atoms with Crippen molar-refractivity contribution in [1.29, 1.82) is 0 Å². The molecule has 2 rings (SSSR count). The standard InChI is InChI=1S/C16H21N3O3S2/c1-10-5-12(3)15(6-11(10)2)24(21,22)19-13(4)16(20)17-7-14-8-23-9-18-14/h5-6,8-9,13,19H,7H2,1-4H3,(H,17,20). The molecule has 24 heavy (non-hydrogen) atoms. The van der Waals surface area contributed by atoms with E-state index in [0.29, 0.717) is 5.56 Å². The molecule has 0 bridgehead atoms. The zero-order chi connectivity index (χ0) is 17.9. The smallest absolute Gasteiger partial charge is 0.241 e. The summed E-state index contributed by atoms with van der Waals surface area (Å²) in [6, 6.07) is 2.58. The molecule has 0 saturated carbocycles. The van der Waals surface area contributed by atoms with E-state index in [1.807, 2.05) is 25.3 Å². The van der Waals surface area contributed by atoms with Gasteiger partial charge < -0.3 is 5.32 Å². The largest absolute Gasteiger partial charge is 0.349 e. The first-order valence-electron chi connectivity index (χ1n) is 7.45. The molecule has 1 unspecified atom stereocenters. The van der Waals surface area contributed by atoms with Crippen molar-refractivity contribution >= 4 is 27.3 Å². The number of thiazole rings is 1. The molecule has 0 aliphatic heterocycles. The topological polar surface area (TPSA) is 88.2 Å². The number of hydrogen-bond donors (Lipinski definition) is 2. The van der Waals surface area contributed by atoms with Crippen LogP contribution < -0.4 is 10.0 Å². The van der Waals surface area contributed by atoms with Gasteiger partial charge in [0.05, 0.1) is 28.7 Å². The fourth-order valence-electron chi connectivity index (χ4n) is 2.23. The predicted octanol–water partition coefficient (Wildman–Crippen LogP) is 2.05. The van der Waals surface area contributed by atoms with Gasteiger partial charge >= 0.3 is 0 Å². The van der Waals surface area contributed by atoms with Crippen LogP contribution in [0.1, 0.15) is 29.3 Å². The second-order valence-corrected chi connectivity index (χ2v) is 8.14. The molecule has 0 aliphatic rings. The summed E-state index contributed by atoms with van der Waals surface area (Å²) < 4.78 is 27.6. The molecular weight excluding hydrogens is 346 g/mol. The highest BCUT2D eigenvalue weighted by Gasteiger charge is 2.23. The predicted molar refractivity (Wildman–Crippen MR) is 94.4 cm³/mol. The number of amides is 1. The lowest BCUT2D eigenvalue weighted by molar-refractivity contribution is -0.122. The summed E-state index contributed by atoms with van der Waals surface area (Å²) in [6.45, 7) is 7.33. The maximum atomic E-state index is 12.6. The van der Waals surface area contributed by atoms with Gasteiger partial charge in [0.1, 0.15) is 0 Å². The van der Waals surface area contributed by atoms with Crippen LogP contribution in [-0.4, -0.2) is 25.4 Å². The fraction of sp³-hybridized carbons (Fsp3) is 0.375. The summed E-state index contributed by atoms with van der Waals surface area (Å²) >= 11 is 1.44. The minimum absolute atomic E-state index is 0.199. The third kappa shape index (κ3) is 4.40. The van der Waals surface area contributed by atoms with Crippen molar-refractivity contribution in [3.8, 4) is 0 Å². The molecule has 2 aromatic rings. The zero-order valence-electron chi connectivity index (χ0n) is 14.1. The second-order valence-electron chi connectivity index (χ2n) is 5.74. The van der Waals surface area contributed by atoms with Gasteiger partial charge in [0.15, 0.2) is 0 Å². The molecule has 8 heteroatoms. The lowest BCUT2D eigenvalue weighted by Crippen LogP contribution is -2.44. The molecule has 1 aromatic heterocycles. The Labute approximate surface area is 146 Å². The summed E-state index contributed by atoms with van der Waals surface area (Å²) in [7, 11) is -3.77. The molecule has 0 radical (unpaired) electrons. The quantitative estimate of drug-likeness (QED) is 0.818. The van der Waals surface area contributed by atoms with Gasteiger partial charge in [-0.25, -0.2) is 13.4 Å². The number of benzene rings is 1. The minimum atomic E-state index is -3.77. The normalized spacial score (nSPS) is 12.8. The lowest BCUT2D eigenvalue weighted by atomic mass is 10.1. The summed E-state index contributed by atoms with van der Waals surface area (Å²) in [5.74, 6) is -0.395. The Kier molecular flexibility index (Phi) is 5.74. The first-order chi connectivity index (χ1) is 11.2. The average Bonchev–Trinajstić information content (AvgIpc) is 3.01. The van der Waals surface area contributed by atoms with E-state index >= 15 is 0 Å². The van der Waals surface area contributed by atoms with Crippen LogP contribution in [0.2, 0.25) is 0 Å². The molecular formula is C16H21N3O3S2. The Hall–Kier alpha value is -1.77. The van der Waals surface area contributed by atoms with Crippen molar-refractivity contribution in [2.75, 3.05) is 0 Å². The Morgan fingerprint density at radius 1 is 1.21 bits per heavy atom. The van der Waals surface area contributed by atoms with Crippen LogP contribution in [0.5, 0.6) is 0 Å². The van der Waals surface area contributed by atoms with Crippen LogP contribution in [0.25, 0.3) is 0 Å². The van der Waals surface area contributed by atoms with Crippen molar-refractivity contribution in [2.24, 2.45) is 0 Å². The van der Waals surface area contributed by atoms with Gasteiger partial charge in [0.2, 0.25) is 15.9 Å². The van der Waals surface area contributed by atoms with E-state index in [4.69, 9.17) is 0 Å². The van der Waals surface area contributed by atoms with E-state index in [1.165, 1.54) is 18.3 Å². The Bertz CT molecular complexity index is 831. The van der Waals surface area contributed by atoms with E-state index in [2.05, 4.69) is 15.0 Å². The van der Waals surface area contributed by atoms with Gasteiger partial charge in [-0.1, -0.05) is 6.07 Å². The van der Waals surface area contributed by atoms with Crippen LogP contribution in [0, 0.1) is 20.8 Å². The summed E-state index contributed by atoms with van der Waals surface area (Å²) in [5, 5.41) is 4.50. The number of aryl methyl sites for hydroxylation is 3. The highest BCUT2D eigenvalue weighted by Crippen LogP contribution is 2.20. The first-order valence-corrected chi connectivity index (χ1v) is 9.88. The number of nitrogens with zero attached hydrogens (tertiary/aromatic N) is 1. The van der Waals surface area contributed by atoms with Crippen LogP contribution in [-0.2, 0) is 21.4 Å². The zero-order valence-corrected chi connectivity index (χ0v) is 15.7. The van der Waals surface area contributed by atoms with E-state index in [1.54, 1.807) is 18.5 Å². The van der Waals surface area contributed by atoms with E-state index in [0.717, 1.165) is 16.8 Å². The number of aromatic nitrogens is 1. The second kappa shape index (κ2) is 7.42. The number of carbonyl (C=O) groups excluding carboxylic acids is 1. The highest BCUT2D eigenvalue weighted by atomic mass is 32.2. The highest BCUT2D eigenvalue weighted by molar-refractivity contribution is 7.89. The van der Waals surface area contributed by atoms with Crippen LogP contribution in [0.4, 0.5) is 0 Å². The molecule has 130 valence electrons. The van der Waals surface area contributed by atoms with Crippen molar-refractivity contribution in [3.63, 3.8) is 0 Å². The Morgan fingerprint density at radius 2 is 1.88 bits per heavy atom. The van der Waals surface area contributed by atoms with E-state index in [-0.39, 0.29) is 11.4 Å². The molecule has 1 amide bonds. The minimum Gasteiger partial charge on any atom is -0.349 e. The summed E-state index contributed by atoms with van der Waals surface area (Å²) in [4.78, 5) is 16.4. The molecule has 1 atom stereocenters. The van der Waals surface area contributed by atoms with Crippen LogP contribution >= 0.6 is 11.3 Å². The average molecular weight is 367 g/mol. The van der Waals surface area contributed by atoms with Crippen molar-refractivity contribution in [2.45, 2.75) is 45.2 Å². The molecule has 6 nitrogen and oxygen atoms in total. The van der Waals surface area contributed by atoms with Crippen LogP contribution in [0.3, 0.4) is 0 Å². The molecule has 0 fully saturated rings. The maximum absolute atomic E-state index is 12.6. The summed E-state index contributed by atoms with van der Waals surface area (Å²) in [6.07, 6.45) is 0. The summed E-state index contributed by atoms with van der Waals surface area (Å²) in [5.41, 5.74) is 4.99. The molecule has 0 saturated heterocycles. The number of carbonyl (C=O) groups is 1. The van der Waals surface area contributed by atoms with Crippen LogP contribution in [0.15, 0.2) is 27.9 Å². The Balaban J connectivity index is 2.08. The van der Waals surface area contributed by atoms with Gasteiger partial charge in [-0.05, 0) is 50.5 Å². The van der Waals surface area contributed by atoms with E-state index in [9.17, 15) is 13.2 Å². The number of nitrogens with one attached hydrogen (secondary N) is 2. The van der Waals surface area contributed by atoms with E-state index < -0.39 is 22.0 Å². The first kappa shape index (κ1) is 18.6. The molecule has 2 N–H and O–H groups in total. The SMILES string of the molecule is Cc1cc(C)c(S(=O)(=O)NC(C)C(=O)NCc2cscn2)cc1C. The van der Waals surface area contributed by atoms with Crippen molar-refractivity contribution in [1.82, 2.24) is 15.0 Å². The van der Waals surface area contributed by atoms with Gasteiger partial charge in [-0.15, -0.1) is 11.3 Å². The monoisotopic (exact) mass is 367 g/mol.